The summed E-state index contributed by atoms with van der Waals surface area (Å²) in [6, 6.07) is 6.01. The van der Waals surface area contributed by atoms with Gasteiger partial charge < -0.3 is 14.4 Å². The van der Waals surface area contributed by atoms with Crippen molar-refractivity contribution in [1.29, 1.82) is 0 Å². The number of oxazole rings is 1. The highest BCUT2D eigenvalue weighted by molar-refractivity contribution is 5.85. The van der Waals surface area contributed by atoms with Crippen LogP contribution in [0.3, 0.4) is 0 Å². The van der Waals surface area contributed by atoms with Crippen LogP contribution in [0.25, 0.3) is 11.1 Å². The van der Waals surface area contributed by atoms with Gasteiger partial charge in [-0.05, 0) is 25.0 Å². The molecule has 1 fully saturated rings. The van der Waals surface area contributed by atoms with Crippen molar-refractivity contribution in [2.75, 3.05) is 6.54 Å². The Balaban J connectivity index is 1.88. The van der Waals surface area contributed by atoms with E-state index in [4.69, 9.17) is 9.52 Å². The van der Waals surface area contributed by atoms with Crippen molar-refractivity contribution in [3.05, 3.63) is 34.8 Å². The van der Waals surface area contributed by atoms with Gasteiger partial charge in [-0.25, -0.2) is 9.59 Å². The molecule has 7 heteroatoms. The first-order chi connectivity index (χ1) is 10.1. The average molecular weight is 290 g/mol. The number of rotatable bonds is 3. The van der Waals surface area contributed by atoms with Crippen LogP contribution in [0.4, 0.5) is 0 Å². The van der Waals surface area contributed by atoms with Crippen LogP contribution in [-0.2, 0) is 16.1 Å². The Bertz CT molecular complexity index is 760. The molecule has 0 aliphatic carbocycles. The number of hydrogen-bond donors (Lipinski definition) is 1. The largest absolute Gasteiger partial charge is 0.480 e. The van der Waals surface area contributed by atoms with Gasteiger partial charge in [0.1, 0.15) is 12.6 Å². The molecule has 1 N–H and O–H groups in total. The summed E-state index contributed by atoms with van der Waals surface area (Å²) >= 11 is 0. The first kappa shape index (κ1) is 13.4. The third kappa shape index (κ3) is 2.31. The number of amides is 1. The Hall–Kier alpha value is -2.57. The number of likely N-dealkylation sites (tertiary alicyclic amines) is 1. The third-order valence-corrected chi connectivity index (χ3v) is 3.73. The van der Waals surface area contributed by atoms with Crippen molar-refractivity contribution in [3.8, 4) is 0 Å². The molecule has 0 radical (unpaired) electrons. The number of carbonyl (C=O) groups is 2. The number of nitrogens with zero attached hydrogens (tertiary/aromatic N) is 2. The van der Waals surface area contributed by atoms with E-state index < -0.39 is 17.8 Å². The lowest BCUT2D eigenvalue weighted by Crippen LogP contribution is -2.42. The van der Waals surface area contributed by atoms with Gasteiger partial charge in [-0.1, -0.05) is 12.1 Å². The number of hydrogen-bond acceptors (Lipinski definition) is 4. The molecule has 110 valence electrons. The first-order valence-corrected chi connectivity index (χ1v) is 6.68. The van der Waals surface area contributed by atoms with Gasteiger partial charge in [0.2, 0.25) is 5.91 Å². The fraction of sp³-hybridized carbons (Fsp3) is 0.357. The third-order valence-electron chi connectivity index (χ3n) is 3.73. The minimum atomic E-state index is -1.01. The van der Waals surface area contributed by atoms with Crippen LogP contribution in [0.2, 0.25) is 0 Å². The van der Waals surface area contributed by atoms with Crippen LogP contribution in [0.1, 0.15) is 12.8 Å². The summed E-state index contributed by atoms with van der Waals surface area (Å²) in [6.07, 6.45) is 1.10. The summed E-state index contributed by atoms with van der Waals surface area (Å²) in [5, 5.41) is 9.10. The number of aliphatic carboxylic acids is 1. The molecule has 0 unspecified atom stereocenters. The Morgan fingerprint density at radius 3 is 2.86 bits per heavy atom. The predicted octanol–water partition coefficient (Wildman–Crippen LogP) is 0.670. The summed E-state index contributed by atoms with van der Waals surface area (Å²) in [7, 11) is 0. The lowest BCUT2D eigenvalue weighted by Gasteiger charge is -2.21. The molecule has 0 saturated carbocycles. The van der Waals surface area contributed by atoms with Crippen LogP contribution in [0.15, 0.2) is 33.5 Å². The molecule has 21 heavy (non-hydrogen) atoms. The smallest absolute Gasteiger partial charge is 0.420 e. The second-order valence-corrected chi connectivity index (χ2v) is 5.01. The molecular weight excluding hydrogens is 276 g/mol. The second kappa shape index (κ2) is 5.08. The summed E-state index contributed by atoms with van der Waals surface area (Å²) in [5.74, 6) is -2.01. The zero-order chi connectivity index (χ0) is 15.0. The van der Waals surface area contributed by atoms with E-state index in [0.29, 0.717) is 30.5 Å². The van der Waals surface area contributed by atoms with E-state index >= 15 is 0 Å². The molecule has 2 aromatic rings. The monoisotopic (exact) mass is 290 g/mol. The highest BCUT2D eigenvalue weighted by Gasteiger charge is 2.34. The Kier molecular flexibility index (Phi) is 3.25. The van der Waals surface area contributed by atoms with Gasteiger partial charge >= 0.3 is 11.7 Å². The van der Waals surface area contributed by atoms with Crippen molar-refractivity contribution in [2.45, 2.75) is 25.4 Å². The molecular formula is C14H14N2O5. The van der Waals surface area contributed by atoms with Crippen molar-refractivity contribution < 1.29 is 19.1 Å². The van der Waals surface area contributed by atoms with Crippen molar-refractivity contribution in [1.82, 2.24) is 9.47 Å². The van der Waals surface area contributed by atoms with Crippen LogP contribution >= 0.6 is 0 Å². The number of carboxylic acid groups (broad SMARTS) is 1. The molecule has 0 spiro atoms. The summed E-state index contributed by atoms with van der Waals surface area (Å²) < 4.78 is 6.29. The minimum absolute atomic E-state index is 0.209. The van der Waals surface area contributed by atoms with Crippen molar-refractivity contribution in [2.24, 2.45) is 0 Å². The van der Waals surface area contributed by atoms with Crippen LogP contribution in [0.5, 0.6) is 0 Å². The summed E-state index contributed by atoms with van der Waals surface area (Å²) in [5.41, 5.74) is 0.938. The summed E-state index contributed by atoms with van der Waals surface area (Å²) in [6.45, 7) is 0.194. The van der Waals surface area contributed by atoms with Gasteiger partial charge in [0.25, 0.3) is 0 Å². The number of aromatic nitrogens is 1. The van der Waals surface area contributed by atoms with Crippen LogP contribution in [0, 0.1) is 0 Å². The van der Waals surface area contributed by atoms with Gasteiger partial charge in [-0.3, -0.25) is 9.36 Å². The maximum absolute atomic E-state index is 12.3. The second-order valence-electron chi connectivity index (χ2n) is 5.01. The molecule has 7 nitrogen and oxygen atoms in total. The highest BCUT2D eigenvalue weighted by Crippen LogP contribution is 2.19. The quantitative estimate of drug-likeness (QED) is 0.896. The van der Waals surface area contributed by atoms with Gasteiger partial charge in [0, 0.05) is 6.54 Å². The Labute approximate surface area is 119 Å². The topological polar surface area (TPSA) is 92.8 Å². The minimum Gasteiger partial charge on any atom is -0.480 e. The molecule has 1 saturated heterocycles. The van der Waals surface area contributed by atoms with Gasteiger partial charge in [-0.2, -0.15) is 0 Å². The normalized spacial score (nSPS) is 18.3. The molecule has 1 aromatic carbocycles. The van der Waals surface area contributed by atoms with Crippen molar-refractivity contribution in [3.63, 3.8) is 0 Å². The van der Waals surface area contributed by atoms with Crippen LogP contribution < -0.4 is 5.76 Å². The standard InChI is InChI=1S/C14H14N2O5/c17-12(15-7-3-5-10(15)13(18)19)8-16-9-4-1-2-6-11(9)21-14(16)20/h1-2,4,6,10H,3,5,7-8H2,(H,18,19)/t10-/m0/s1. The van der Waals surface area contributed by atoms with Crippen molar-refractivity contribution >= 4 is 23.0 Å². The van der Waals surface area contributed by atoms with Gasteiger partial charge in [0.05, 0.1) is 5.52 Å². The number of fused-ring (bicyclic) bond motifs is 1. The molecule has 2 heterocycles. The Morgan fingerprint density at radius 2 is 2.10 bits per heavy atom. The molecule has 1 aromatic heterocycles. The maximum atomic E-state index is 12.3. The van der Waals surface area contributed by atoms with E-state index in [9.17, 15) is 14.4 Å². The van der Waals surface area contributed by atoms with Gasteiger partial charge in [0.15, 0.2) is 5.58 Å². The van der Waals surface area contributed by atoms with Crippen LogP contribution in [-0.4, -0.2) is 39.0 Å². The maximum Gasteiger partial charge on any atom is 0.420 e. The number of para-hydroxylation sites is 2. The van der Waals surface area contributed by atoms with E-state index in [0.717, 1.165) is 0 Å². The molecule has 1 aliphatic rings. The highest BCUT2D eigenvalue weighted by atomic mass is 16.4. The number of carboxylic acids is 1. The first-order valence-electron chi connectivity index (χ1n) is 6.68. The zero-order valence-corrected chi connectivity index (χ0v) is 11.2. The average Bonchev–Trinajstić information content (AvgIpc) is 3.04. The van der Waals surface area contributed by atoms with E-state index in [1.54, 1.807) is 24.3 Å². The van der Waals surface area contributed by atoms with Gasteiger partial charge in [-0.15, -0.1) is 0 Å². The predicted molar refractivity (Wildman–Crippen MR) is 72.8 cm³/mol. The molecule has 1 aliphatic heterocycles. The number of benzene rings is 1. The molecule has 3 rings (SSSR count). The molecule has 1 atom stereocenters. The van der Waals surface area contributed by atoms with E-state index in [-0.39, 0.29) is 12.5 Å². The molecule has 1 amide bonds. The van der Waals surface area contributed by atoms with E-state index in [2.05, 4.69) is 0 Å². The molecule has 0 bridgehead atoms. The lowest BCUT2D eigenvalue weighted by atomic mass is 10.2. The zero-order valence-electron chi connectivity index (χ0n) is 11.2. The number of carbonyl (C=O) groups excluding carboxylic acids is 1. The fourth-order valence-electron chi connectivity index (χ4n) is 2.71. The summed E-state index contributed by atoms with van der Waals surface area (Å²) in [4.78, 5) is 36.5. The fourth-order valence-corrected chi connectivity index (χ4v) is 2.71. The Morgan fingerprint density at radius 1 is 1.33 bits per heavy atom. The van der Waals surface area contributed by atoms with E-state index in [1.807, 2.05) is 0 Å². The SMILES string of the molecule is O=C(O)[C@@H]1CCCN1C(=O)Cn1c(=O)oc2ccccc21. The lowest BCUT2D eigenvalue weighted by molar-refractivity contribution is -0.148. The van der Waals surface area contributed by atoms with E-state index in [1.165, 1.54) is 9.47 Å².